The van der Waals surface area contributed by atoms with Crippen LogP contribution in [0.3, 0.4) is 0 Å². The molecule has 7 heteroatoms. The summed E-state index contributed by atoms with van der Waals surface area (Å²) in [6.07, 6.45) is 3.08. The molecular weight excluding hydrogens is 322 g/mol. The Morgan fingerprint density at radius 2 is 2.16 bits per heavy atom. The molecule has 4 amide bonds. The number of amides is 4. The second-order valence-corrected chi connectivity index (χ2v) is 6.11. The number of anilines is 1. The van der Waals surface area contributed by atoms with Crippen molar-refractivity contribution in [3.63, 3.8) is 0 Å². The third-order valence-electron chi connectivity index (χ3n) is 4.43. The fourth-order valence-corrected chi connectivity index (χ4v) is 3.15. The summed E-state index contributed by atoms with van der Waals surface area (Å²) < 4.78 is 0. The third kappa shape index (κ3) is 3.31. The van der Waals surface area contributed by atoms with Crippen molar-refractivity contribution < 1.29 is 19.2 Å². The lowest BCUT2D eigenvalue weighted by atomic mass is 10.0. The molecule has 0 saturated carbocycles. The molecule has 2 heterocycles. The molecule has 1 aromatic carbocycles. The largest absolute Gasteiger partial charge is 0.326 e. The normalized spacial score (nSPS) is 19.4. The molecule has 1 atom stereocenters. The van der Waals surface area contributed by atoms with Gasteiger partial charge < -0.3 is 10.2 Å². The molecule has 0 aliphatic carbocycles. The SMILES string of the molecule is C=CCCC(=O)Nc1cccc2c1CN(C1CCC(=O)NC1=O)C2=O. The van der Waals surface area contributed by atoms with Gasteiger partial charge in [-0.05, 0) is 25.0 Å². The minimum absolute atomic E-state index is 0.153. The highest BCUT2D eigenvalue weighted by Gasteiger charge is 2.39. The number of imide groups is 1. The Bertz CT molecular complexity index is 772. The molecule has 2 aliphatic rings. The average molecular weight is 341 g/mol. The summed E-state index contributed by atoms with van der Waals surface area (Å²) in [6, 6.07) is 4.46. The summed E-state index contributed by atoms with van der Waals surface area (Å²) in [4.78, 5) is 49.5. The molecule has 3 rings (SSSR count). The van der Waals surface area contributed by atoms with Gasteiger partial charge in [0, 0.05) is 36.2 Å². The van der Waals surface area contributed by atoms with E-state index in [2.05, 4.69) is 17.2 Å². The van der Waals surface area contributed by atoms with Crippen LogP contribution in [0.25, 0.3) is 0 Å². The van der Waals surface area contributed by atoms with E-state index in [0.29, 0.717) is 36.1 Å². The Hall–Kier alpha value is -2.96. The molecule has 0 radical (unpaired) electrons. The Kier molecular flexibility index (Phi) is 4.65. The summed E-state index contributed by atoms with van der Waals surface area (Å²) in [5.41, 5.74) is 1.75. The van der Waals surface area contributed by atoms with Gasteiger partial charge in [0.15, 0.2) is 0 Å². The van der Waals surface area contributed by atoms with Gasteiger partial charge in [-0.15, -0.1) is 6.58 Å². The first-order chi connectivity index (χ1) is 12.0. The lowest BCUT2D eigenvalue weighted by molar-refractivity contribution is -0.137. The van der Waals surface area contributed by atoms with E-state index in [9.17, 15) is 19.2 Å². The number of nitrogens with one attached hydrogen (secondary N) is 2. The van der Waals surface area contributed by atoms with E-state index in [0.717, 1.165) is 0 Å². The maximum atomic E-state index is 12.7. The zero-order chi connectivity index (χ0) is 18.0. The fraction of sp³-hybridized carbons (Fsp3) is 0.333. The van der Waals surface area contributed by atoms with Crippen LogP contribution in [0.1, 0.15) is 41.6 Å². The molecule has 0 aromatic heterocycles. The number of allylic oxidation sites excluding steroid dienone is 1. The highest BCUT2D eigenvalue weighted by atomic mass is 16.2. The van der Waals surface area contributed by atoms with Crippen LogP contribution in [0, 0.1) is 0 Å². The van der Waals surface area contributed by atoms with Crippen molar-refractivity contribution in [3.8, 4) is 0 Å². The van der Waals surface area contributed by atoms with Crippen LogP contribution in [0.2, 0.25) is 0 Å². The number of carbonyl (C=O) groups excluding carboxylic acids is 4. The van der Waals surface area contributed by atoms with Crippen molar-refractivity contribution in [2.24, 2.45) is 0 Å². The summed E-state index contributed by atoms with van der Waals surface area (Å²) in [5, 5.41) is 5.09. The van der Waals surface area contributed by atoms with Crippen LogP contribution in [0.4, 0.5) is 5.69 Å². The van der Waals surface area contributed by atoms with Gasteiger partial charge in [-0.1, -0.05) is 12.1 Å². The van der Waals surface area contributed by atoms with Gasteiger partial charge in [-0.3, -0.25) is 24.5 Å². The van der Waals surface area contributed by atoms with E-state index in [1.54, 1.807) is 24.3 Å². The molecule has 1 saturated heterocycles. The van der Waals surface area contributed by atoms with Crippen molar-refractivity contribution >= 4 is 29.3 Å². The van der Waals surface area contributed by atoms with Crippen LogP contribution in [-0.2, 0) is 20.9 Å². The van der Waals surface area contributed by atoms with E-state index < -0.39 is 11.9 Å². The maximum Gasteiger partial charge on any atom is 0.255 e. The predicted octanol–water partition coefficient (Wildman–Crippen LogP) is 1.35. The lowest BCUT2D eigenvalue weighted by Crippen LogP contribution is -2.52. The summed E-state index contributed by atoms with van der Waals surface area (Å²) in [6.45, 7) is 3.82. The minimum Gasteiger partial charge on any atom is -0.326 e. The number of hydrogen-bond donors (Lipinski definition) is 2. The highest BCUT2D eigenvalue weighted by molar-refractivity contribution is 6.06. The summed E-state index contributed by atoms with van der Waals surface area (Å²) in [7, 11) is 0. The molecule has 7 nitrogen and oxygen atoms in total. The number of nitrogens with zero attached hydrogens (tertiary/aromatic N) is 1. The monoisotopic (exact) mass is 341 g/mol. The molecule has 1 fully saturated rings. The van der Waals surface area contributed by atoms with Crippen LogP contribution >= 0.6 is 0 Å². The van der Waals surface area contributed by atoms with Crippen molar-refractivity contribution in [3.05, 3.63) is 42.0 Å². The standard InChI is InChI=1S/C18H19N3O4/c1-2-3-7-15(22)19-13-6-4-5-11-12(13)10-21(18(11)25)14-8-9-16(23)20-17(14)24/h2,4-6,14H,1,3,7-10H2,(H,19,22)(H,20,23,24). The molecule has 2 N–H and O–H groups in total. The van der Waals surface area contributed by atoms with Crippen LogP contribution in [0.5, 0.6) is 0 Å². The molecule has 130 valence electrons. The Morgan fingerprint density at radius 3 is 2.88 bits per heavy atom. The number of benzene rings is 1. The van der Waals surface area contributed by atoms with Gasteiger partial charge in [0.1, 0.15) is 6.04 Å². The second kappa shape index (κ2) is 6.88. The van der Waals surface area contributed by atoms with Gasteiger partial charge in [0.2, 0.25) is 17.7 Å². The summed E-state index contributed by atoms with van der Waals surface area (Å²) >= 11 is 0. The van der Waals surface area contributed by atoms with Gasteiger partial charge >= 0.3 is 0 Å². The van der Waals surface area contributed by atoms with Crippen molar-refractivity contribution in [2.75, 3.05) is 5.32 Å². The zero-order valence-electron chi connectivity index (χ0n) is 13.7. The third-order valence-corrected chi connectivity index (χ3v) is 4.43. The first kappa shape index (κ1) is 16.9. The first-order valence-electron chi connectivity index (χ1n) is 8.18. The summed E-state index contributed by atoms with van der Waals surface area (Å²) in [5.74, 6) is -1.18. The molecule has 1 unspecified atom stereocenters. The molecule has 1 aromatic rings. The van der Waals surface area contributed by atoms with E-state index in [-0.39, 0.29) is 30.7 Å². The zero-order valence-corrected chi connectivity index (χ0v) is 13.7. The van der Waals surface area contributed by atoms with E-state index in [4.69, 9.17) is 0 Å². The smallest absolute Gasteiger partial charge is 0.255 e. The number of rotatable bonds is 5. The molecule has 0 spiro atoms. The highest BCUT2D eigenvalue weighted by Crippen LogP contribution is 2.32. The average Bonchev–Trinajstić information content (AvgIpc) is 2.91. The maximum absolute atomic E-state index is 12.7. The molecule has 2 aliphatic heterocycles. The Labute approximate surface area is 145 Å². The van der Waals surface area contributed by atoms with Gasteiger partial charge in [0.25, 0.3) is 5.91 Å². The van der Waals surface area contributed by atoms with Gasteiger partial charge in [0.05, 0.1) is 0 Å². The quantitative estimate of drug-likeness (QED) is 0.624. The second-order valence-electron chi connectivity index (χ2n) is 6.11. The van der Waals surface area contributed by atoms with Crippen molar-refractivity contribution in [1.29, 1.82) is 0 Å². The lowest BCUT2D eigenvalue weighted by Gasteiger charge is -2.29. The predicted molar refractivity (Wildman–Crippen MR) is 90.5 cm³/mol. The van der Waals surface area contributed by atoms with E-state index in [1.807, 2.05) is 0 Å². The van der Waals surface area contributed by atoms with E-state index >= 15 is 0 Å². The van der Waals surface area contributed by atoms with E-state index in [1.165, 1.54) is 4.90 Å². The number of piperidine rings is 1. The Morgan fingerprint density at radius 1 is 1.36 bits per heavy atom. The molecule has 0 bridgehead atoms. The fourth-order valence-electron chi connectivity index (χ4n) is 3.15. The van der Waals surface area contributed by atoms with Crippen LogP contribution in [0.15, 0.2) is 30.9 Å². The number of hydrogen-bond acceptors (Lipinski definition) is 4. The van der Waals surface area contributed by atoms with Crippen LogP contribution in [-0.4, -0.2) is 34.6 Å². The Balaban J connectivity index is 1.80. The van der Waals surface area contributed by atoms with Crippen molar-refractivity contribution in [1.82, 2.24) is 10.2 Å². The number of fused-ring (bicyclic) bond motifs is 1. The van der Waals surface area contributed by atoms with Gasteiger partial charge in [-0.2, -0.15) is 0 Å². The van der Waals surface area contributed by atoms with Crippen LogP contribution < -0.4 is 10.6 Å². The molecule has 25 heavy (non-hydrogen) atoms. The number of carbonyl (C=O) groups is 4. The first-order valence-corrected chi connectivity index (χ1v) is 8.18. The van der Waals surface area contributed by atoms with Crippen molar-refractivity contribution in [2.45, 2.75) is 38.3 Å². The topological polar surface area (TPSA) is 95.6 Å². The minimum atomic E-state index is -0.665. The van der Waals surface area contributed by atoms with Gasteiger partial charge in [-0.25, -0.2) is 0 Å². The molecular formula is C18H19N3O4.